The first-order chi connectivity index (χ1) is 10.3. The molecule has 1 N–H and O–H groups in total. The fraction of sp³-hybridized carbons (Fsp3) is 0.263. The molecule has 0 saturated heterocycles. The van der Waals surface area contributed by atoms with E-state index in [1.54, 1.807) is 0 Å². The van der Waals surface area contributed by atoms with E-state index in [0.29, 0.717) is 5.92 Å². The van der Waals surface area contributed by atoms with Crippen LogP contribution in [0.15, 0.2) is 60.8 Å². The Morgan fingerprint density at radius 3 is 2.48 bits per heavy atom. The third-order valence-corrected chi connectivity index (χ3v) is 4.19. The van der Waals surface area contributed by atoms with Gasteiger partial charge in [0.1, 0.15) is 0 Å². The summed E-state index contributed by atoms with van der Waals surface area (Å²) in [6, 6.07) is 19.5. The smallest absolute Gasteiger partial charge is 0.0480 e. The highest BCUT2D eigenvalue weighted by Crippen LogP contribution is 2.33. The average Bonchev–Trinajstić information content (AvgIpc) is 2.87. The molecule has 2 aromatic carbocycles. The molecular formula is C19H22N2. The topological polar surface area (TPSA) is 17.0 Å². The first-order valence-corrected chi connectivity index (χ1v) is 7.54. The van der Waals surface area contributed by atoms with E-state index in [4.69, 9.17) is 0 Å². The number of aryl methyl sites for hydroxylation is 1. The highest BCUT2D eigenvalue weighted by molar-refractivity contribution is 5.85. The molecule has 2 heteroatoms. The van der Waals surface area contributed by atoms with Gasteiger partial charge in [0.15, 0.2) is 0 Å². The third kappa shape index (κ3) is 2.72. The number of hydrogen-bond acceptors (Lipinski definition) is 1. The van der Waals surface area contributed by atoms with E-state index in [1.165, 1.54) is 22.0 Å². The lowest BCUT2D eigenvalue weighted by Gasteiger charge is -2.17. The van der Waals surface area contributed by atoms with E-state index in [9.17, 15) is 0 Å². The molecule has 2 nitrogen and oxygen atoms in total. The van der Waals surface area contributed by atoms with Gasteiger partial charge in [0.05, 0.1) is 0 Å². The molecule has 0 radical (unpaired) electrons. The molecule has 0 aliphatic rings. The Kier molecular flexibility index (Phi) is 4.07. The molecule has 108 valence electrons. The molecule has 3 rings (SSSR count). The number of para-hydroxylation sites is 1. The Hall–Kier alpha value is -2.06. The Labute approximate surface area is 126 Å². The van der Waals surface area contributed by atoms with Gasteiger partial charge in [0.25, 0.3) is 0 Å². The minimum atomic E-state index is 0.435. The van der Waals surface area contributed by atoms with Gasteiger partial charge in [-0.3, -0.25) is 0 Å². The van der Waals surface area contributed by atoms with Crippen LogP contribution in [-0.4, -0.2) is 18.2 Å². The van der Waals surface area contributed by atoms with Gasteiger partial charge in [-0.05, 0) is 37.2 Å². The van der Waals surface area contributed by atoms with E-state index >= 15 is 0 Å². The number of rotatable bonds is 5. The van der Waals surface area contributed by atoms with Crippen molar-refractivity contribution in [3.05, 3.63) is 71.9 Å². The fourth-order valence-corrected chi connectivity index (χ4v) is 3.13. The van der Waals surface area contributed by atoms with E-state index in [0.717, 1.165) is 13.0 Å². The minimum Gasteiger partial charge on any atom is -0.350 e. The summed E-state index contributed by atoms with van der Waals surface area (Å²) in [7, 11) is 4.15. The van der Waals surface area contributed by atoms with Crippen molar-refractivity contribution >= 4 is 10.9 Å². The molecule has 1 heterocycles. The Morgan fingerprint density at radius 2 is 1.71 bits per heavy atom. The zero-order valence-electron chi connectivity index (χ0n) is 12.7. The number of aromatic nitrogens is 1. The van der Waals surface area contributed by atoms with Gasteiger partial charge >= 0.3 is 0 Å². The first-order valence-electron chi connectivity index (χ1n) is 7.54. The lowest BCUT2D eigenvalue weighted by molar-refractivity contribution is 0.663. The molecule has 0 aliphatic carbocycles. The highest BCUT2D eigenvalue weighted by atomic mass is 14.9. The first kappa shape index (κ1) is 13.9. The van der Waals surface area contributed by atoms with E-state index in [2.05, 4.69) is 77.7 Å². The van der Waals surface area contributed by atoms with Gasteiger partial charge in [-0.25, -0.2) is 0 Å². The van der Waals surface area contributed by atoms with Crippen molar-refractivity contribution in [2.24, 2.45) is 7.05 Å². The molecule has 0 aliphatic heterocycles. The van der Waals surface area contributed by atoms with Crippen LogP contribution in [0.1, 0.15) is 23.5 Å². The van der Waals surface area contributed by atoms with Crippen molar-refractivity contribution in [1.29, 1.82) is 0 Å². The lowest BCUT2D eigenvalue weighted by atomic mass is 9.88. The predicted octanol–water partition coefficient (Wildman–Crippen LogP) is 3.92. The van der Waals surface area contributed by atoms with E-state index < -0.39 is 0 Å². The summed E-state index contributed by atoms with van der Waals surface area (Å²) in [5.74, 6) is 0.435. The maximum absolute atomic E-state index is 3.29. The van der Waals surface area contributed by atoms with Gasteiger partial charge in [0.2, 0.25) is 0 Å². The largest absolute Gasteiger partial charge is 0.350 e. The normalized spacial score (nSPS) is 12.7. The second kappa shape index (κ2) is 6.15. The van der Waals surface area contributed by atoms with Crippen molar-refractivity contribution in [3.8, 4) is 0 Å². The SMILES string of the molecule is CNCCC(c1ccccc1)c1cn(C)c2ccccc12. The molecule has 21 heavy (non-hydrogen) atoms. The summed E-state index contributed by atoms with van der Waals surface area (Å²) in [6.45, 7) is 1.02. The molecule has 0 fully saturated rings. The van der Waals surface area contributed by atoms with Crippen LogP contribution in [0.3, 0.4) is 0 Å². The maximum Gasteiger partial charge on any atom is 0.0480 e. The number of benzene rings is 2. The van der Waals surface area contributed by atoms with Crippen LogP contribution in [0.2, 0.25) is 0 Å². The average molecular weight is 278 g/mol. The lowest BCUT2D eigenvalue weighted by Crippen LogP contribution is -2.13. The van der Waals surface area contributed by atoms with Gasteiger partial charge in [0, 0.05) is 30.1 Å². The summed E-state index contributed by atoms with van der Waals surface area (Å²) in [4.78, 5) is 0. The van der Waals surface area contributed by atoms with Crippen LogP contribution in [0.4, 0.5) is 0 Å². The number of nitrogens with one attached hydrogen (secondary N) is 1. The van der Waals surface area contributed by atoms with Crippen molar-refractivity contribution in [1.82, 2.24) is 9.88 Å². The Bertz CT molecular complexity index is 713. The summed E-state index contributed by atoms with van der Waals surface area (Å²) in [5, 5.41) is 4.65. The summed E-state index contributed by atoms with van der Waals surface area (Å²) in [5.41, 5.74) is 4.12. The van der Waals surface area contributed by atoms with Crippen molar-refractivity contribution in [3.63, 3.8) is 0 Å². The summed E-state index contributed by atoms with van der Waals surface area (Å²) in [6.07, 6.45) is 3.40. The van der Waals surface area contributed by atoms with Gasteiger partial charge in [-0.15, -0.1) is 0 Å². The van der Waals surface area contributed by atoms with Crippen LogP contribution < -0.4 is 5.32 Å². The summed E-state index contributed by atoms with van der Waals surface area (Å²) < 4.78 is 2.24. The number of fused-ring (bicyclic) bond motifs is 1. The molecule has 3 aromatic rings. The predicted molar refractivity (Wildman–Crippen MR) is 89.7 cm³/mol. The highest BCUT2D eigenvalue weighted by Gasteiger charge is 2.18. The van der Waals surface area contributed by atoms with Gasteiger partial charge in [-0.2, -0.15) is 0 Å². The molecular weight excluding hydrogens is 256 g/mol. The van der Waals surface area contributed by atoms with Crippen molar-refractivity contribution < 1.29 is 0 Å². The fourth-order valence-electron chi connectivity index (χ4n) is 3.13. The second-order valence-corrected chi connectivity index (χ2v) is 5.57. The molecule has 1 unspecified atom stereocenters. The monoisotopic (exact) mass is 278 g/mol. The zero-order valence-corrected chi connectivity index (χ0v) is 12.7. The third-order valence-electron chi connectivity index (χ3n) is 4.19. The van der Waals surface area contributed by atoms with Crippen molar-refractivity contribution in [2.45, 2.75) is 12.3 Å². The molecule has 0 bridgehead atoms. The molecule has 0 saturated carbocycles. The zero-order chi connectivity index (χ0) is 14.7. The van der Waals surface area contributed by atoms with Crippen LogP contribution >= 0.6 is 0 Å². The quantitative estimate of drug-likeness (QED) is 0.748. The van der Waals surface area contributed by atoms with Crippen molar-refractivity contribution in [2.75, 3.05) is 13.6 Å². The van der Waals surface area contributed by atoms with Gasteiger partial charge < -0.3 is 9.88 Å². The number of hydrogen-bond donors (Lipinski definition) is 1. The maximum atomic E-state index is 3.29. The molecule has 0 amide bonds. The minimum absolute atomic E-state index is 0.435. The molecule has 1 atom stereocenters. The standard InChI is InChI=1S/C19H22N2/c1-20-13-12-16(15-8-4-3-5-9-15)18-14-21(2)19-11-7-6-10-17(18)19/h3-11,14,16,20H,12-13H2,1-2H3. The Balaban J connectivity index is 2.10. The summed E-state index contributed by atoms with van der Waals surface area (Å²) >= 11 is 0. The molecule has 1 aromatic heterocycles. The van der Waals surface area contributed by atoms with Crippen LogP contribution in [0.25, 0.3) is 10.9 Å². The van der Waals surface area contributed by atoms with Crippen LogP contribution in [0.5, 0.6) is 0 Å². The van der Waals surface area contributed by atoms with Crippen LogP contribution in [0, 0.1) is 0 Å². The second-order valence-electron chi connectivity index (χ2n) is 5.57. The van der Waals surface area contributed by atoms with E-state index in [1.807, 2.05) is 7.05 Å². The Morgan fingerprint density at radius 1 is 1.00 bits per heavy atom. The molecule has 0 spiro atoms. The van der Waals surface area contributed by atoms with Crippen LogP contribution in [-0.2, 0) is 7.05 Å². The van der Waals surface area contributed by atoms with E-state index in [-0.39, 0.29) is 0 Å². The van der Waals surface area contributed by atoms with Gasteiger partial charge in [-0.1, -0.05) is 48.5 Å². The number of nitrogens with zero attached hydrogens (tertiary/aromatic N) is 1.